The predicted molar refractivity (Wildman–Crippen MR) is 83.3 cm³/mol. The third-order valence-corrected chi connectivity index (χ3v) is 4.48. The van der Waals surface area contributed by atoms with Crippen molar-refractivity contribution >= 4 is 43.2 Å². The van der Waals surface area contributed by atoms with Gasteiger partial charge in [0.05, 0.1) is 3.79 Å². The molecule has 0 saturated carbocycles. The van der Waals surface area contributed by atoms with Crippen molar-refractivity contribution in [3.63, 3.8) is 0 Å². The highest BCUT2D eigenvalue weighted by Gasteiger charge is 2.05. The summed E-state index contributed by atoms with van der Waals surface area (Å²) in [6.07, 6.45) is 0. The molecule has 0 unspecified atom stereocenters. The molecule has 0 atom stereocenters. The van der Waals surface area contributed by atoms with E-state index in [9.17, 15) is 0 Å². The van der Waals surface area contributed by atoms with Crippen LogP contribution in [0, 0.1) is 0 Å². The van der Waals surface area contributed by atoms with E-state index in [4.69, 9.17) is 4.74 Å². The van der Waals surface area contributed by atoms with Gasteiger partial charge in [-0.1, -0.05) is 15.9 Å². The first-order valence-electron chi connectivity index (χ1n) is 5.49. The molecule has 1 aromatic carbocycles. The molecule has 2 aromatic rings. The second-order valence-electron chi connectivity index (χ2n) is 3.78. The van der Waals surface area contributed by atoms with Gasteiger partial charge in [-0.2, -0.15) is 0 Å². The predicted octanol–water partition coefficient (Wildman–Crippen LogP) is 4.57. The lowest BCUT2D eigenvalue weighted by molar-refractivity contribution is 0.306. The summed E-state index contributed by atoms with van der Waals surface area (Å²) in [4.78, 5) is 1.21. The summed E-state index contributed by atoms with van der Waals surface area (Å²) < 4.78 is 8.07. The Hall–Kier alpha value is -0.360. The average molecular weight is 391 g/mol. The fourth-order valence-electron chi connectivity index (χ4n) is 1.60. The van der Waals surface area contributed by atoms with E-state index >= 15 is 0 Å². The average Bonchev–Trinajstić information content (AvgIpc) is 2.75. The summed E-state index contributed by atoms with van der Waals surface area (Å²) >= 11 is 8.63. The SMILES string of the molecule is CNCc1cc(Br)ccc1OCc1ccc(Br)s1. The molecule has 0 aliphatic rings. The Labute approximate surface area is 128 Å². The van der Waals surface area contributed by atoms with E-state index in [1.165, 1.54) is 4.88 Å². The van der Waals surface area contributed by atoms with Crippen LogP contribution in [0.2, 0.25) is 0 Å². The van der Waals surface area contributed by atoms with Crippen LogP contribution >= 0.6 is 43.2 Å². The van der Waals surface area contributed by atoms with Gasteiger partial charge >= 0.3 is 0 Å². The largest absolute Gasteiger partial charge is 0.488 e. The van der Waals surface area contributed by atoms with Gasteiger partial charge in [-0.25, -0.2) is 0 Å². The molecule has 1 aromatic heterocycles. The van der Waals surface area contributed by atoms with Crippen LogP contribution in [0.15, 0.2) is 38.6 Å². The number of benzene rings is 1. The number of hydrogen-bond acceptors (Lipinski definition) is 3. The first kappa shape index (κ1) is 14.1. The van der Waals surface area contributed by atoms with Gasteiger partial charge in [-0.15, -0.1) is 11.3 Å². The van der Waals surface area contributed by atoms with Gasteiger partial charge < -0.3 is 10.1 Å². The maximum atomic E-state index is 5.87. The summed E-state index contributed by atoms with van der Waals surface area (Å²) in [6, 6.07) is 10.2. The Kier molecular flexibility index (Phi) is 5.24. The zero-order valence-corrected chi connectivity index (χ0v) is 13.9. The molecule has 0 aliphatic heterocycles. The van der Waals surface area contributed by atoms with E-state index in [1.807, 2.05) is 25.2 Å². The monoisotopic (exact) mass is 389 g/mol. The van der Waals surface area contributed by atoms with E-state index in [0.717, 1.165) is 26.1 Å². The Bertz CT molecular complexity index is 527. The van der Waals surface area contributed by atoms with Crippen LogP contribution in [0.3, 0.4) is 0 Å². The normalized spacial score (nSPS) is 10.6. The molecular formula is C13H13Br2NOS. The molecule has 2 nitrogen and oxygen atoms in total. The van der Waals surface area contributed by atoms with E-state index in [-0.39, 0.29) is 0 Å². The lowest BCUT2D eigenvalue weighted by Crippen LogP contribution is -2.07. The first-order valence-corrected chi connectivity index (χ1v) is 7.89. The summed E-state index contributed by atoms with van der Waals surface area (Å²) in [5, 5.41) is 3.15. The van der Waals surface area contributed by atoms with Gasteiger partial charge in [0.1, 0.15) is 12.4 Å². The number of halogens is 2. The second kappa shape index (κ2) is 6.70. The molecule has 0 fully saturated rings. The van der Waals surface area contributed by atoms with Gasteiger partial charge in [0.2, 0.25) is 0 Å². The quantitative estimate of drug-likeness (QED) is 0.807. The van der Waals surface area contributed by atoms with E-state index in [1.54, 1.807) is 11.3 Å². The minimum absolute atomic E-state index is 0.606. The third kappa shape index (κ3) is 3.82. The summed E-state index contributed by atoms with van der Waals surface area (Å²) in [5.74, 6) is 0.928. The zero-order chi connectivity index (χ0) is 13.0. The van der Waals surface area contributed by atoms with Gasteiger partial charge in [0.25, 0.3) is 0 Å². The number of thiophene rings is 1. The molecule has 0 spiro atoms. The van der Waals surface area contributed by atoms with E-state index in [2.05, 4.69) is 49.3 Å². The van der Waals surface area contributed by atoms with E-state index < -0.39 is 0 Å². The minimum atomic E-state index is 0.606. The Balaban J connectivity index is 2.08. The van der Waals surface area contributed by atoms with Crippen LogP contribution in [0.5, 0.6) is 5.75 Å². The highest BCUT2D eigenvalue weighted by Crippen LogP contribution is 2.26. The second-order valence-corrected chi connectivity index (χ2v) is 7.24. The standard InChI is InChI=1S/C13H13Br2NOS/c1-16-7-9-6-10(14)2-4-12(9)17-8-11-3-5-13(15)18-11/h2-6,16H,7-8H2,1H3. The highest BCUT2D eigenvalue weighted by atomic mass is 79.9. The smallest absolute Gasteiger partial charge is 0.124 e. The number of ether oxygens (including phenoxy) is 1. The Morgan fingerprint density at radius 2 is 2.06 bits per heavy atom. The minimum Gasteiger partial charge on any atom is -0.488 e. The molecular weight excluding hydrogens is 378 g/mol. The summed E-state index contributed by atoms with van der Waals surface area (Å²) in [6.45, 7) is 1.40. The molecule has 1 heterocycles. The fourth-order valence-corrected chi connectivity index (χ4v) is 3.40. The molecule has 5 heteroatoms. The summed E-state index contributed by atoms with van der Waals surface area (Å²) in [5.41, 5.74) is 1.16. The molecule has 1 N–H and O–H groups in total. The van der Waals surface area contributed by atoms with Crippen molar-refractivity contribution in [3.8, 4) is 5.75 Å². The molecule has 2 rings (SSSR count). The van der Waals surface area contributed by atoms with Crippen molar-refractivity contribution in [2.45, 2.75) is 13.2 Å². The molecule has 0 saturated heterocycles. The number of nitrogens with one attached hydrogen (secondary N) is 1. The summed E-state index contributed by atoms with van der Waals surface area (Å²) in [7, 11) is 1.93. The van der Waals surface area contributed by atoms with Gasteiger partial charge in [0, 0.05) is 21.5 Å². The van der Waals surface area contributed by atoms with Crippen LogP contribution in [0.4, 0.5) is 0 Å². The van der Waals surface area contributed by atoms with Crippen molar-refractivity contribution in [1.82, 2.24) is 5.32 Å². The first-order chi connectivity index (χ1) is 8.69. The van der Waals surface area contributed by atoms with Crippen molar-refractivity contribution in [2.75, 3.05) is 7.05 Å². The van der Waals surface area contributed by atoms with Gasteiger partial charge in [-0.3, -0.25) is 0 Å². The Morgan fingerprint density at radius 3 is 2.72 bits per heavy atom. The van der Waals surface area contributed by atoms with Crippen LogP contribution < -0.4 is 10.1 Å². The van der Waals surface area contributed by atoms with Crippen LogP contribution in [-0.2, 0) is 13.2 Å². The van der Waals surface area contributed by atoms with Crippen LogP contribution in [0.1, 0.15) is 10.4 Å². The van der Waals surface area contributed by atoms with Crippen LogP contribution in [0.25, 0.3) is 0 Å². The molecule has 0 aliphatic carbocycles. The topological polar surface area (TPSA) is 21.3 Å². The van der Waals surface area contributed by atoms with Crippen molar-refractivity contribution in [3.05, 3.63) is 49.0 Å². The third-order valence-electron chi connectivity index (χ3n) is 2.39. The molecule has 96 valence electrons. The number of hydrogen-bond donors (Lipinski definition) is 1. The maximum absolute atomic E-state index is 5.87. The highest BCUT2D eigenvalue weighted by molar-refractivity contribution is 9.11. The molecule has 18 heavy (non-hydrogen) atoms. The maximum Gasteiger partial charge on any atom is 0.124 e. The molecule has 0 bridgehead atoms. The van der Waals surface area contributed by atoms with Crippen molar-refractivity contribution in [2.24, 2.45) is 0 Å². The Morgan fingerprint density at radius 1 is 1.22 bits per heavy atom. The fraction of sp³-hybridized carbons (Fsp3) is 0.231. The van der Waals surface area contributed by atoms with Crippen LogP contribution in [-0.4, -0.2) is 7.05 Å². The van der Waals surface area contributed by atoms with E-state index in [0.29, 0.717) is 6.61 Å². The zero-order valence-electron chi connectivity index (χ0n) is 9.87. The lowest BCUT2D eigenvalue weighted by Gasteiger charge is -2.11. The molecule has 0 amide bonds. The molecule has 0 radical (unpaired) electrons. The van der Waals surface area contributed by atoms with Gasteiger partial charge in [-0.05, 0) is 53.3 Å². The van der Waals surface area contributed by atoms with Gasteiger partial charge in [0.15, 0.2) is 0 Å². The van der Waals surface area contributed by atoms with Crippen molar-refractivity contribution < 1.29 is 4.74 Å². The number of rotatable bonds is 5. The van der Waals surface area contributed by atoms with Crippen molar-refractivity contribution in [1.29, 1.82) is 0 Å². The lowest BCUT2D eigenvalue weighted by atomic mass is 10.2.